The highest BCUT2D eigenvalue weighted by Crippen LogP contribution is 2.38. The molecule has 1 aliphatic heterocycles. The minimum Gasteiger partial charge on any atom is -0.377 e. The predicted molar refractivity (Wildman–Crippen MR) is 66.8 cm³/mol. The maximum absolute atomic E-state index is 12.3. The molecule has 3 nitrogen and oxygen atoms in total. The molecule has 1 saturated carbocycles. The van der Waals surface area contributed by atoms with Gasteiger partial charge in [0.2, 0.25) is 0 Å². The molecule has 0 radical (unpaired) electrons. The van der Waals surface area contributed by atoms with Gasteiger partial charge in [-0.15, -0.1) is 0 Å². The quantitative estimate of drug-likeness (QED) is 0.818. The SMILES string of the molecule is CC1(C)CCC(S(=O)CC2CCCO2)C1N. The summed E-state index contributed by atoms with van der Waals surface area (Å²) in [5.41, 5.74) is 6.35. The van der Waals surface area contributed by atoms with E-state index in [4.69, 9.17) is 10.5 Å². The molecule has 0 spiro atoms. The molecule has 2 rings (SSSR count). The Hall–Kier alpha value is 0.0700. The fourth-order valence-electron chi connectivity index (χ4n) is 2.74. The maximum atomic E-state index is 12.3. The van der Waals surface area contributed by atoms with Gasteiger partial charge in [0.25, 0.3) is 0 Å². The van der Waals surface area contributed by atoms with Crippen molar-refractivity contribution in [3.05, 3.63) is 0 Å². The second kappa shape index (κ2) is 4.75. The van der Waals surface area contributed by atoms with Crippen molar-refractivity contribution >= 4 is 10.8 Å². The number of nitrogens with two attached hydrogens (primary N) is 1. The van der Waals surface area contributed by atoms with E-state index in [0.717, 1.165) is 32.3 Å². The van der Waals surface area contributed by atoms with Crippen LogP contribution in [0, 0.1) is 5.41 Å². The molecule has 0 aromatic heterocycles. The van der Waals surface area contributed by atoms with Gasteiger partial charge in [0.05, 0.1) is 17.1 Å². The smallest absolute Gasteiger partial charge is 0.0691 e. The predicted octanol–water partition coefficient (Wildman–Crippen LogP) is 1.43. The largest absolute Gasteiger partial charge is 0.377 e. The van der Waals surface area contributed by atoms with E-state index in [0.29, 0.717) is 5.75 Å². The highest BCUT2D eigenvalue weighted by molar-refractivity contribution is 7.85. The van der Waals surface area contributed by atoms with Gasteiger partial charge >= 0.3 is 0 Å². The average Bonchev–Trinajstić information content (AvgIpc) is 2.77. The molecule has 1 saturated heterocycles. The van der Waals surface area contributed by atoms with Gasteiger partial charge in [-0.25, -0.2) is 0 Å². The van der Waals surface area contributed by atoms with Crippen LogP contribution in [-0.2, 0) is 15.5 Å². The van der Waals surface area contributed by atoms with Crippen molar-refractivity contribution in [3.8, 4) is 0 Å². The third kappa shape index (κ3) is 2.49. The maximum Gasteiger partial charge on any atom is 0.0691 e. The van der Waals surface area contributed by atoms with Crippen LogP contribution in [-0.4, -0.2) is 34.0 Å². The Labute approximate surface area is 101 Å². The van der Waals surface area contributed by atoms with Crippen LogP contribution in [0.2, 0.25) is 0 Å². The average molecular weight is 245 g/mol. The second-order valence-electron chi connectivity index (χ2n) is 5.77. The molecule has 0 bridgehead atoms. The first kappa shape index (κ1) is 12.5. The zero-order valence-corrected chi connectivity index (χ0v) is 11.1. The van der Waals surface area contributed by atoms with Crippen molar-refractivity contribution in [3.63, 3.8) is 0 Å². The lowest BCUT2D eigenvalue weighted by atomic mass is 9.88. The molecular formula is C12H23NO2S. The van der Waals surface area contributed by atoms with Crippen LogP contribution in [0.15, 0.2) is 0 Å². The number of hydrogen-bond donors (Lipinski definition) is 1. The summed E-state index contributed by atoms with van der Waals surface area (Å²) in [4.78, 5) is 0. The van der Waals surface area contributed by atoms with Crippen molar-refractivity contribution in [1.82, 2.24) is 0 Å². The van der Waals surface area contributed by atoms with E-state index in [2.05, 4.69) is 13.8 Å². The van der Waals surface area contributed by atoms with Crippen LogP contribution < -0.4 is 5.73 Å². The summed E-state index contributed by atoms with van der Waals surface area (Å²) >= 11 is 0. The van der Waals surface area contributed by atoms with Crippen molar-refractivity contribution in [2.24, 2.45) is 11.1 Å². The van der Waals surface area contributed by atoms with Crippen molar-refractivity contribution in [2.75, 3.05) is 12.4 Å². The first-order valence-electron chi connectivity index (χ1n) is 6.25. The summed E-state index contributed by atoms with van der Waals surface area (Å²) in [5.74, 6) is 0.689. The summed E-state index contributed by atoms with van der Waals surface area (Å²) in [5, 5.41) is 0.180. The van der Waals surface area contributed by atoms with Gasteiger partial charge in [0, 0.05) is 23.4 Å². The van der Waals surface area contributed by atoms with E-state index < -0.39 is 10.8 Å². The molecule has 0 aromatic rings. The number of rotatable bonds is 3. The molecule has 0 amide bonds. The Balaban J connectivity index is 1.90. The van der Waals surface area contributed by atoms with Gasteiger partial charge < -0.3 is 10.5 Å². The van der Waals surface area contributed by atoms with Gasteiger partial charge in [-0.1, -0.05) is 13.8 Å². The molecule has 1 aliphatic carbocycles. The molecule has 2 aliphatic rings. The van der Waals surface area contributed by atoms with E-state index in [9.17, 15) is 4.21 Å². The summed E-state index contributed by atoms with van der Waals surface area (Å²) in [6.45, 7) is 5.20. The lowest BCUT2D eigenvalue weighted by Gasteiger charge is -2.26. The third-order valence-electron chi connectivity index (χ3n) is 4.09. The molecule has 2 fully saturated rings. The summed E-state index contributed by atoms with van der Waals surface area (Å²) < 4.78 is 17.8. The Morgan fingerprint density at radius 3 is 2.69 bits per heavy atom. The molecule has 0 aromatic carbocycles. The monoisotopic (exact) mass is 245 g/mol. The van der Waals surface area contributed by atoms with Gasteiger partial charge in [-0.3, -0.25) is 4.21 Å². The Kier molecular flexibility index (Phi) is 3.72. The zero-order valence-electron chi connectivity index (χ0n) is 10.3. The van der Waals surface area contributed by atoms with Crippen LogP contribution in [0.1, 0.15) is 39.5 Å². The fraction of sp³-hybridized carbons (Fsp3) is 1.00. The zero-order chi connectivity index (χ0) is 11.8. The van der Waals surface area contributed by atoms with Crippen LogP contribution in [0.4, 0.5) is 0 Å². The molecule has 4 unspecified atom stereocenters. The van der Waals surface area contributed by atoms with E-state index in [1.54, 1.807) is 0 Å². The molecule has 4 atom stereocenters. The number of ether oxygens (including phenoxy) is 1. The molecule has 94 valence electrons. The minimum atomic E-state index is -0.812. The van der Waals surface area contributed by atoms with Crippen molar-refractivity contribution < 1.29 is 8.95 Å². The van der Waals surface area contributed by atoms with Crippen LogP contribution in [0.3, 0.4) is 0 Å². The van der Waals surface area contributed by atoms with E-state index >= 15 is 0 Å². The number of hydrogen-bond acceptors (Lipinski definition) is 3. The first-order chi connectivity index (χ1) is 7.50. The van der Waals surface area contributed by atoms with Gasteiger partial charge in [0.1, 0.15) is 0 Å². The highest BCUT2D eigenvalue weighted by atomic mass is 32.2. The van der Waals surface area contributed by atoms with E-state index in [-0.39, 0.29) is 22.8 Å². The molecule has 16 heavy (non-hydrogen) atoms. The van der Waals surface area contributed by atoms with Gasteiger partial charge in [-0.2, -0.15) is 0 Å². The molecule has 4 heteroatoms. The molecule has 1 heterocycles. The summed E-state index contributed by atoms with van der Waals surface area (Å²) in [6, 6.07) is 0.0785. The first-order valence-corrected chi connectivity index (χ1v) is 7.63. The van der Waals surface area contributed by atoms with Crippen LogP contribution in [0.5, 0.6) is 0 Å². The van der Waals surface area contributed by atoms with Gasteiger partial charge in [-0.05, 0) is 31.1 Å². The normalized spacial score (nSPS) is 40.1. The topological polar surface area (TPSA) is 52.3 Å². The third-order valence-corrected chi connectivity index (χ3v) is 5.99. The second-order valence-corrected chi connectivity index (χ2v) is 7.47. The lowest BCUT2D eigenvalue weighted by Crippen LogP contribution is -2.43. The van der Waals surface area contributed by atoms with Crippen LogP contribution in [0.25, 0.3) is 0 Å². The fourth-order valence-corrected chi connectivity index (χ4v) is 4.69. The Morgan fingerprint density at radius 1 is 1.44 bits per heavy atom. The minimum absolute atomic E-state index is 0.0785. The van der Waals surface area contributed by atoms with Gasteiger partial charge in [0.15, 0.2) is 0 Å². The lowest BCUT2D eigenvalue weighted by molar-refractivity contribution is 0.128. The van der Waals surface area contributed by atoms with Crippen molar-refractivity contribution in [2.45, 2.75) is 56.9 Å². The summed E-state index contributed by atoms with van der Waals surface area (Å²) in [7, 11) is -0.812. The van der Waals surface area contributed by atoms with E-state index in [1.165, 1.54) is 0 Å². The van der Waals surface area contributed by atoms with Crippen LogP contribution >= 0.6 is 0 Å². The molecule has 2 N–H and O–H groups in total. The Bertz CT molecular complexity index is 274. The standard InChI is InChI=1S/C12H23NO2S/c1-12(2)6-5-10(11(12)13)16(14)8-9-4-3-7-15-9/h9-11H,3-8,13H2,1-2H3. The van der Waals surface area contributed by atoms with E-state index in [1.807, 2.05) is 0 Å². The summed E-state index contributed by atoms with van der Waals surface area (Å²) in [6.07, 6.45) is 4.50. The Morgan fingerprint density at radius 2 is 2.19 bits per heavy atom. The molecular weight excluding hydrogens is 222 g/mol. The van der Waals surface area contributed by atoms with Crippen molar-refractivity contribution in [1.29, 1.82) is 0 Å². The highest BCUT2D eigenvalue weighted by Gasteiger charge is 2.42.